The molecule has 2 aliphatic rings. The number of anilines is 1. The lowest BCUT2D eigenvalue weighted by atomic mass is 9.94. The summed E-state index contributed by atoms with van der Waals surface area (Å²) in [5.74, 6) is -0.0972. The van der Waals surface area contributed by atoms with Crippen molar-refractivity contribution in [3.63, 3.8) is 0 Å². The lowest BCUT2D eigenvalue weighted by Gasteiger charge is -2.34. The maximum atomic E-state index is 13.6. The topological polar surface area (TPSA) is 70.2 Å². The molecular weight excluding hydrogens is 402 g/mol. The molecule has 0 unspecified atom stereocenters. The Labute approximate surface area is 181 Å². The molecule has 0 spiro atoms. The highest BCUT2D eigenvalue weighted by Crippen LogP contribution is 2.30. The highest BCUT2D eigenvalue weighted by molar-refractivity contribution is 7.89. The molecule has 1 aliphatic heterocycles. The Hall–Kier alpha value is -1.64. The second kappa shape index (κ2) is 10.1. The van der Waals surface area contributed by atoms with Crippen molar-refractivity contribution in [2.75, 3.05) is 51.3 Å². The van der Waals surface area contributed by atoms with Gasteiger partial charge in [-0.15, -0.1) is 0 Å². The Morgan fingerprint density at radius 3 is 2.33 bits per heavy atom. The van der Waals surface area contributed by atoms with Gasteiger partial charge in [0.15, 0.2) is 0 Å². The van der Waals surface area contributed by atoms with Crippen LogP contribution in [0.2, 0.25) is 0 Å². The van der Waals surface area contributed by atoms with Crippen LogP contribution in [0.15, 0.2) is 23.1 Å². The van der Waals surface area contributed by atoms with E-state index in [1.54, 1.807) is 18.2 Å². The number of sulfonamides is 1. The van der Waals surface area contributed by atoms with Crippen molar-refractivity contribution in [1.29, 1.82) is 0 Å². The van der Waals surface area contributed by atoms with Crippen LogP contribution in [0, 0.1) is 0 Å². The van der Waals surface area contributed by atoms with Crippen molar-refractivity contribution in [1.82, 2.24) is 9.21 Å². The molecule has 1 aromatic rings. The second-order valence-corrected chi connectivity index (χ2v) is 10.0. The zero-order valence-corrected chi connectivity index (χ0v) is 19.3. The highest BCUT2D eigenvalue weighted by atomic mass is 32.2. The van der Waals surface area contributed by atoms with E-state index in [4.69, 9.17) is 4.74 Å². The molecular formula is C22H35N3O4S. The maximum absolute atomic E-state index is 13.6. The molecule has 1 heterocycles. The van der Waals surface area contributed by atoms with Gasteiger partial charge in [-0.05, 0) is 31.0 Å². The maximum Gasteiger partial charge on any atom is 0.255 e. The van der Waals surface area contributed by atoms with Gasteiger partial charge in [-0.1, -0.05) is 33.1 Å². The SMILES string of the molecule is CCN(CC)S(=O)(=O)c1ccc(N2CCOCC2)c(C(=O)N(C)C2CCCCC2)c1. The third kappa shape index (κ3) is 4.81. The van der Waals surface area contributed by atoms with Crippen LogP contribution in [0.3, 0.4) is 0 Å². The minimum atomic E-state index is -3.64. The Morgan fingerprint density at radius 1 is 1.10 bits per heavy atom. The molecule has 1 aliphatic carbocycles. The summed E-state index contributed by atoms with van der Waals surface area (Å²) in [6, 6.07) is 5.23. The standard InChI is InChI=1S/C22H35N3O4S/c1-4-25(5-2)30(27,28)19-11-12-21(24-13-15-29-16-14-24)20(17-19)22(26)23(3)18-9-7-6-8-10-18/h11-12,17-18H,4-10,13-16H2,1-3H3. The third-order valence-corrected chi connectivity index (χ3v) is 8.38. The fourth-order valence-corrected chi connectivity index (χ4v) is 5.95. The molecule has 2 fully saturated rings. The van der Waals surface area contributed by atoms with Crippen LogP contribution in [0.5, 0.6) is 0 Å². The van der Waals surface area contributed by atoms with E-state index in [-0.39, 0.29) is 16.8 Å². The normalized spacial score (nSPS) is 18.6. The fraction of sp³-hybridized carbons (Fsp3) is 0.682. The van der Waals surface area contributed by atoms with Crippen molar-refractivity contribution in [2.45, 2.75) is 56.9 Å². The summed E-state index contributed by atoms with van der Waals surface area (Å²) in [7, 11) is -1.78. The Balaban J connectivity index is 2.00. The Morgan fingerprint density at radius 2 is 1.73 bits per heavy atom. The molecule has 1 saturated heterocycles. The van der Waals surface area contributed by atoms with E-state index in [9.17, 15) is 13.2 Å². The predicted octanol–water partition coefficient (Wildman–Crippen LogP) is 2.96. The zero-order valence-electron chi connectivity index (χ0n) is 18.5. The van der Waals surface area contributed by atoms with Crippen LogP contribution in [0.1, 0.15) is 56.3 Å². The number of nitrogens with zero attached hydrogens (tertiary/aromatic N) is 3. The highest BCUT2D eigenvalue weighted by Gasteiger charge is 2.29. The summed E-state index contributed by atoms with van der Waals surface area (Å²) in [5, 5.41) is 0. The Bertz CT molecular complexity index is 827. The summed E-state index contributed by atoms with van der Waals surface area (Å²) < 4.78 is 33.1. The van der Waals surface area contributed by atoms with Gasteiger partial charge in [-0.3, -0.25) is 4.79 Å². The molecule has 1 saturated carbocycles. The molecule has 1 amide bonds. The average Bonchev–Trinajstić information content (AvgIpc) is 2.79. The molecule has 168 valence electrons. The molecule has 0 atom stereocenters. The average molecular weight is 438 g/mol. The van der Waals surface area contributed by atoms with E-state index in [1.165, 1.54) is 10.7 Å². The predicted molar refractivity (Wildman–Crippen MR) is 119 cm³/mol. The van der Waals surface area contributed by atoms with E-state index in [2.05, 4.69) is 4.90 Å². The summed E-state index contributed by atoms with van der Waals surface area (Å²) in [5.41, 5.74) is 1.27. The van der Waals surface area contributed by atoms with Gasteiger partial charge in [0.05, 0.1) is 23.7 Å². The molecule has 7 nitrogen and oxygen atoms in total. The number of amides is 1. The number of hydrogen-bond acceptors (Lipinski definition) is 5. The van der Waals surface area contributed by atoms with Gasteiger partial charge < -0.3 is 14.5 Å². The van der Waals surface area contributed by atoms with Crippen LogP contribution in [0.4, 0.5) is 5.69 Å². The zero-order chi connectivity index (χ0) is 21.7. The van der Waals surface area contributed by atoms with Crippen molar-refractivity contribution >= 4 is 21.6 Å². The molecule has 3 rings (SSSR count). The number of hydrogen-bond donors (Lipinski definition) is 0. The minimum Gasteiger partial charge on any atom is -0.378 e. The molecule has 30 heavy (non-hydrogen) atoms. The van der Waals surface area contributed by atoms with Crippen molar-refractivity contribution in [3.8, 4) is 0 Å². The monoisotopic (exact) mass is 437 g/mol. The Kier molecular flexibility index (Phi) is 7.76. The smallest absolute Gasteiger partial charge is 0.255 e. The lowest BCUT2D eigenvalue weighted by molar-refractivity contribution is 0.0695. The van der Waals surface area contributed by atoms with Crippen molar-refractivity contribution < 1.29 is 17.9 Å². The van der Waals surface area contributed by atoms with E-state index in [0.717, 1.165) is 31.4 Å². The van der Waals surface area contributed by atoms with Gasteiger partial charge in [0.25, 0.3) is 5.91 Å². The van der Waals surface area contributed by atoms with Crippen LogP contribution in [-0.2, 0) is 14.8 Å². The van der Waals surface area contributed by atoms with Gasteiger partial charge in [0.2, 0.25) is 10.0 Å². The summed E-state index contributed by atoms with van der Waals surface area (Å²) in [6.07, 6.45) is 5.50. The first kappa shape index (κ1) is 23.0. The molecule has 0 bridgehead atoms. The number of benzene rings is 1. The molecule has 0 radical (unpaired) electrons. The van der Waals surface area contributed by atoms with Gasteiger partial charge >= 0.3 is 0 Å². The lowest BCUT2D eigenvalue weighted by Crippen LogP contribution is -2.41. The molecule has 0 N–H and O–H groups in total. The van der Waals surface area contributed by atoms with Crippen LogP contribution in [0.25, 0.3) is 0 Å². The van der Waals surface area contributed by atoms with Gasteiger partial charge in [0.1, 0.15) is 0 Å². The molecule has 0 aromatic heterocycles. The first-order valence-corrected chi connectivity index (χ1v) is 12.6. The second-order valence-electron chi connectivity index (χ2n) is 8.08. The molecule has 8 heteroatoms. The first-order chi connectivity index (χ1) is 14.4. The number of carbonyl (C=O) groups excluding carboxylic acids is 1. The number of ether oxygens (including phenoxy) is 1. The van der Waals surface area contributed by atoms with E-state index in [0.29, 0.717) is 45.0 Å². The summed E-state index contributed by atoms with van der Waals surface area (Å²) in [6.45, 7) is 7.03. The van der Waals surface area contributed by atoms with Crippen LogP contribution in [-0.4, -0.2) is 76.0 Å². The molecule has 1 aromatic carbocycles. The minimum absolute atomic E-state index is 0.0972. The number of rotatable bonds is 7. The van der Waals surface area contributed by atoms with Gasteiger partial charge in [0, 0.05) is 45.0 Å². The number of carbonyl (C=O) groups is 1. The largest absolute Gasteiger partial charge is 0.378 e. The van der Waals surface area contributed by atoms with Crippen LogP contribution >= 0.6 is 0 Å². The van der Waals surface area contributed by atoms with E-state index >= 15 is 0 Å². The summed E-state index contributed by atoms with van der Waals surface area (Å²) >= 11 is 0. The van der Waals surface area contributed by atoms with Crippen molar-refractivity contribution in [3.05, 3.63) is 23.8 Å². The third-order valence-electron chi connectivity index (χ3n) is 6.34. The van der Waals surface area contributed by atoms with Crippen LogP contribution < -0.4 is 4.90 Å². The van der Waals surface area contributed by atoms with E-state index in [1.807, 2.05) is 25.8 Å². The number of morpholine rings is 1. The van der Waals surface area contributed by atoms with Gasteiger partial charge in [-0.25, -0.2) is 8.42 Å². The quantitative estimate of drug-likeness (QED) is 0.656. The van der Waals surface area contributed by atoms with Crippen molar-refractivity contribution in [2.24, 2.45) is 0 Å². The first-order valence-electron chi connectivity index (χ1n) is 11.1. The van der Waals surface area contributed by atoms with Gasteiger partial charge in [-0.2, -0.15) is 4.31 Å². The fourth-order valence-electron chi connectivity index (χ4n) is 4.46. The summed E-state index contributed by atoms with van der Waals surface area (Å²) in [4.78, 5) is 17.7. The van der Waals surface area contributed by atoms with E-state index < -0.39 is 10.0 Å².